The second kappa shape index (κ2) is 8.21. The number of nitrogens with one attached hydrogen (secondary N) is 3. The first-order chi connectivity index (χ1) is 14.2. The third kappa shape index (κ3) is 4.41. The number of rotatable bonds is 7. The van der Waals surface area contributed by atoms with Crippen molar-refractivity contribution in [3.8, 4) is 5.75 Å². The van der Waals surface area contributed by atoms with Crippen molar-refractivity contribution in [2.24, 2.45) is 11.8 Å². The van der Waals surface area contributed by atoms with Crippen LogP contribution in [0.1, 0.15) is 46.0 Å². The molecule has 0 radical (unpaired) electrons. The molecule has 30 heavy (non-hydrogen) atoms. The molecule has 1 aliphatic heterocycles. The van der Waals surface area contributed by atoms with Gasteiger partial charge in [-0.2, -0.15) is 0 Å². The normalized spacial score (nSPS) is 32.0. The second-order valence-corrected chi connectivity index (χ2v) is 10.3. The third-order valence-electron chi connectivity index (χ3n) is 6.71. The van der Waals surface area contributed by atoms with Crippen LogP contribution in [-0.4, -0.2) is 42.1 Å². The highest BCUT2D eigenvalue weighted by molar-refractivity contribution is 6.42. The van der Waals surface area contributed by atoms with Gasteiger partial charge in [-0.15, -0.1) is 0 Å². The summed E-state index contributed by atoms with van der Waals surface area (Å²) in [5, 5.41) is 10.7. The van der Waals surface area contributed by atoms with Gasteiger partial charge < -0.3 is 20.7 Å². The molecule has 4 fully saturated rings. The van der Waals surface area contributed by atoms with Gasteiger partial charge in [-0.05, 0) is 50.2 Å². The van der Waals surface area contributed by atoms with E-state index >= 15 is 0 Å². The molecule has 2 unspecified atom stereocenters. The second-order valence-electron chi connectivity index (χ2n) is 9.53. The summed E-state index contributed by atoms with van der Waals surface area (Å²) in [4.78, 5) is 24.9. The molecule has 0 aromatic heterocycles. The van der Waals surface area contributed by atoms with E-state index in [-0.39, 0.29) is 35.4 Å². The monoisotopic (exact) mass is 453 g/mol. The summed E-state index contributed by atoms with van der Waals surface area (Å²) in [5.41, 5.74) is -0.331. The SMILES string of the molecule is CC(C)C1CCC(C(=O)NC23CC(NC(=O)COc4ccc(Cl)c(Cl)c4)(C2)C3)CN1. The molecule has 8 heteroatoms. The maximum absolute atomic E-state index is 12.7. The minimum atomic E-state index is -0.196. The Bertz CT molecular complexity index is 817. The summed E-state index contributed by atoms with van der Waals surface area (Å²) in [6.45, 7) is 5.09. The van der Waals surface area contributed by atoms with E-state index in [1.54, 1.807) is 18.2 Å². The van der Waals surface area contributed by atoms with E-state index in [4.69, 9.17) is 27.9 Å². The Morgan fingerprint density at radius 1 is 1.13 bits per heavy atom. The van der Waals surface area contributed by atoms with Crippen LogP contribution in [0.3, 0.4) is 0 Å². The number of benzene rings is 1. The minimum Gasteiger partial charge on any atom is -0.484 e. The number of ether oxygens (including phenoxy) is 1. The molecule has 164 valence electrons. The minimum absolute atomic E-state index is 0.0409. The zero-order valence-corrected chi connectivity index (χ0v) is 18.9. The van der Waals surface area contributed by atoms with Crippen LogP contribution in [0.4, 0.5) is 0 Å². The molecule has 2 amide bonds. The van der Waals surface area contributed by atoms with Crippen LogP contribution in [0.25, 0.3) is 0 Å². The molecule has 1 heterocycles. The van der Waals surface area contributed by atoms with Gasteiger partial charge >= 0.3 is 0 Å². The smallest absolute Gasteiger partial charge is 0.258 e. The molecule has 3 saturated carbocycles. The van der Waals surface area contributed by atoms with E-state index in [2.05, 4.69) is 29.8 Å². The number of carbonyl (C=O) groups is 2. The Kier molecular flexibility index (Phi) is 5.94. The van der Waals surface area contributed by atoms with E-state index in [0.29, 0.717) is 27.8 Å². The molecule has 2 atom stereocenters. The lowest BCUT2D eigenvalue weighted by Crippen LogP contribution is -2.84. The van der Waals surface area contributed by atoms with Crippen molar-refractivity contribution in [3.05, 3.63) is 28.2 Å². The number of hydrogen-bond donors (Lipinski definition) is 3. The van der Waals surface area contributed by atoms with E-state index in [1.165, 1.54) is 0 Å². The maximum Gasteiger partial charge on any atom is 0.258 e. The van der Waals surface area contributed by atoms with Crippen LogP contribution in [0, 0.1) is 11.8 Å². The predicted octanol–water partition coefficient (Wildman–Crippen LogP) is 3.30. The van der Waals surface area contributed by atoms with Crippen molar-refractivity contribution in [3.63, 3.8) is 0 Å². The van der Waals surface area contributed by atoms with Crippen LogP contribution in [0.5, 0.6) is 5.75 Å². The lowest BCUT2D eigenvalue weighted by atomic mass is 9.44. The number of amides is 2. The van der Waals surface area contributed by atoms with E-state index < -0.39 is 0 Å². The highest BCUT2D eigenvalue weighted by Gasteiger charge is 2.69. The van der Waals surface area contributed by atoms with Crippen molar-refractivity contribution >= 4 is 35.0 Å². The Balaban J connectivity index is 1.18. The molecule has 6 nitrogen and oxygen atoms in total. The van der Waals surface area contributed by atoms with Gasteiger partial charge in [0.1, 0.15) is 5.75 Å². The van der Waals surface area contributed by atoms with Crippen LogP contribution in [0.15, 0.2) is 18.2 Å². The van der Waals surface area contributed by atoms with Crippen LogP contribution < -0.4 is 20.7 Å². The predicted molar refractivity (Wildman–Crippen MR) is 117 cm³/mol. The molecular weight excluding hydrogens is 425 g/mol. The average molecular weight is 454 g/mol. The standard InChI is InChI=1S/C22H29Cl2N3O3/c1-13(2)18-6-3-14(8-25-18)20(29)27-22-10-21(11-22,12-22)26-19(28)9-30-15-4-5-16(23)17(24)7-15/h4-5,7,13-14,18,25H,3,6,8-12H2,1-2H3,(H,26,28)(H,27,29). The van der Waals surface area contributed by atoms with Gasteiger partial charge in [0.15, 0.2) is 6.61 Å². The summed E-state index contributed by atoms with van der Waals surface area (Å²) >= 11 is 11.8. The topological polar surface area (TPSA) is 79.5 Å². The van der Waals surface area contributed by atoms with Gasteiger partial charge in [0.25, 0.3) is 5.91 Å². The van der Waals surface area contributed by atoms with Gasteiger partial charge in [0.2, 0.25) is 5.91 Å². The van der Waals surface area contributed by atoms with Crippen molar-refractivity contribution in [2.45, 2.75) is 63.1 Å². The number of halogens is 2. The summed E-state index contributed by atoms with van der Waals surface area (Å²) in [6.07, 6.45) is 4.35. The largest absolute Gasteiger partial charge is 0.484 e. The average Bonchev–Trinajstić information content (AvgIpc) is 2.66. The van der Waals surface area contributed by atoms with Crippen molar-refractivity contribution in [1.82, 2.24) is 16.0 Å². The zero-order chi connectivity index (χ0) is 21.5. The third-order valence-corrected chi connectivity index (χ3v) is 7.45. The van der Waals surface area contributed by atoms with Crippen LogP contribution in [-0.2, 0) is 9.59 Å². The van der Waals surface area contributed by atoms with Gasteiger partial charge in [0.05, 0.1) is 16.0 Å². The van der Waals surface area contributed by atoms with Gasteiger partial charge in [0, 0.05) is 29.7 Å². The van der Waals surface area contributed by atoms with Crippen molar-refractivity contribution < 1.29 is 14.3 Å². The highest BCUT2D eigenvalue weighted by Crippen LogP contribution is 2.60. The number of hydrogen-bond acceptors (Lipinski definition) is 4. The quantitative estimate of drug-likeness (QED) is 0.591. The molecular formula is C22H29Cl2N3O3. The fourth-order valence-corrected chi connectivity index (χ4v) is 5.42. The number of carbonyl (C=O) groups excluding carboxylic acids is 2. The van der Waals surface area contributed by atoms with Gasteiger partial charge in [-0.25, -0.2) is 0 Å². The first kappa shape index (κ1) is 21.7. The molecule has 1 aromatic carbocycles. The van der Waals surface area contributed by atoms with Crippen LogP contribution in [0.2, 0.25) is 10.0 Å². The van der Waals surface area contributed by atoms with Crippen molar-refractivity contribution in [2.75, 3.05) is 13.2 Å². The Morgan fingerprint density at radius 3 is 2.43 bits per heavy atom. The molecule has 2 bridgehead atoms. The molecule has 5 rings (SSSR count). The summed E-state index contributed by atoms with van der Waals surface area (Å²) in [6, 6.07) is 5.41. The molecule has 4 aliphatic rings. The van der Waals surface area contributed by atoms with Gasteiger partial charge in [-0.3, -0.25) is 9.59 Å². The summed E-state index contributed by atoms with van der Waals surface area (Å²) < 4.78 is 5.50. The summed E-state index contributed by atoms with van der Waals surface area (Å²) in [5.74, 6) is 1.11. The molecule has 1 saturated heterocycles. The molecule has 1 aromatic rings. The van der Waals surface area contributed by atoms with Crippen LogP contribution >= 0.6 is 23.2 Å². The Morgan fingerprint density at radius 2 is 1.83 bits per heavy atom. The van der Waals surface area contributed by atoms with Crippen molar-refractivity contribution in [1.29, 1.82) is 0 Å². The number of piperidine rings is 1. The summed E-state index contributed by atoms with van der Waals surface area (Å²) in [7, 11) is 0. The van der Waals surface area contributed by atoms with E-state index in [9.17, 15) is 9.59 Å². The fraction of sp³-hybridized carbons (Fsp3) is 0.636. The fourth-order valence-electron chi connectivity index (χ4n) is 5.14. The van der Waals surface area contributed by atoms with Gasteiger partial charge in [-0.1, -0.05) is 37.0 Å². The lowest BCUT2D eigenvalue weighted by Gasteiger charge is -2.70. The first-order valence-electron chi connectivity index (χ1n) is 10.6. The zero-order valence-electron chi connectivity index (χ0n) is 17.4. The first-order valence-corrected chi connectivity index (χ1v) is 11.4. The highest BCUT2D eigenvalue weighted by atomic mass is 35.5. The molecule has 3 aliphatic carbocycles. The maximum atomic E-state index is 12.7. The lowest BCUT2D eigenvalue weighted by molar-refractivity contribution is -0.152. The Hall–Kier alpha value is -1.50. The molecule has 3 N–H and O–H groups in total. The molecule has 0 spiro atoms. The van der Waals surface area contributed by atoms with E-state index in [1.807, 2.05) is 0 Å². The van der Waals surface area contributed by atoms with E-state index in [0.717, 1.165) is 38.6 Å². The Labute approximate surface area is 187 Å².